The van der Waals surface area contributed by atoms with Crippen LogP contribution in [-0.2, 0) is 24.1 Å². The molecule has 0 saturated carbocycles. The molecule has 0 saturated heterocycles. The van der Waals surface area contributed by atoms with Gasteiger partial charge in [-0.25, -0.2) is 0 Å². The van der Waals surface area contributed by atoms with Crippen molar-refractivity contribution in [3.05, 3.63) is 12.5 Å². The zero-order valence-corrected chi connectivity index (χ0v) is 7.28. The van der Waals surface area contributed by atoms with Gasteiger partial charge in [0, 0.05) is 7.11 Å². The Morgan fingerprint density at radius 3 is 2.50 bits per heavy atom. The van der Waals surface area contributed by atoms with Gasteiger partial charge < -0.3 is 13.7 Å². The van der Waals surface area contributed by atoms with E-state index < -0.39 is 10.4 Å². The van der Waals surface area contributed by atoms with E-state index in [0.29, 0.717) is 12.9 Å². The number of methoxy groups -OCH3 is 1. The van der Waals surface area contributed by atoms with Crippen molar-refractivity contribution >= 4 is 10.4 Å². The largest absolute Gasteiger partial charge is 0.496 e. The first kappa shape index (κ1) is 11.2. The minimum absolute atomic E-state index is 0.280. The highest BCUT2D eigenvalue weighted by atomic mass is 32.3. The predicted octanol–water partition coefficient (Wildman–Crippen LogP) is -0.0600. The molecule has 0 aliphatic heterocycles. The lowest BCUT2D eigenvalue weighted by molar-refractivity contribution is 0.121. The van der Waals surface area contributed by atoms with Crippen molar-refractivity contribution in [2.75, 3.05) is 20.3 Å². The van der Waals surface area contributed by atoms with Gasteiger partial charge in [0.15, 0.2) is 0 Å². The van der Waals surface area contributed by atoms with Gasteiger partial charge >= 0.3 is 10.4 Å². The van der Waals surface area contributed by atoms with E-state index >= 15 is 0 Å². The maximum Gasteiger partial charge on any atom is 0.446 e. The van der Waals surface area contributed by atoms with Crippen LogP contribution < -0.4 is 0 Å². The van der Waals surface area contributed by atoms with Crippen LogP contribution >= 0.6 is 0 Å². The predicted molar refractivity (Wildman–Crippen MR) is 39.6 cm³/mol. The second-order valence-electron chi connectivity index (χ2n) is 1.66. The van der Waals surface area contributed by atoms with Crippen LogP contribution in [0.3, 0.4) is 0 Å². The van der Waals surface area contributed by atoms with E-state index in [1.807, 2.05) is 0 Å². The molecule has 0 fully saturated rings. The molecule has 0 rings (SSSR count). The lowest BCUT2D eigenvalue weighted by Crippen LogP contribution is -1.99. The fourth-order valence-corrected chi connectivity index (χ4v) is 0.517. The summed E-state index contributed by atoms with van der Waals surface area (Å²) in [6, 6.07) is 0. The van der Waals surface area contributed by atoms with E-state index in [1.165, 1.54) is 7.11 Å². The molecule has 6 nitrogen and oxygen atoms in total. The van der Waals surface area contributed by atoms with Gasteiger partial charge in [0.2, 0.25) is 0 Å². The normalized spacial score (nSPS) is 11.8. The molecular weight excluding hydrogens is 188 g/mol. The topological polar surface area (TPSA) is 82.1 Å². The number of hydrogen-bond donors (Lipinski definition) is 1. The van der Waals surface area contributed by atoms with Crippen LogP contribution in [-0.4, -0.2) is 33.3 Å². The average molecular weight is 198 g/mol. The third-order valence-corrected chi connectivity index (χ3v) is 1.09. The van der Waals surface area contributed by atoms with E-state index in [0.717, 1.165) is 6.26 Å². The van der Waals surface area contributed by atoms with Gasteiger partial charge in [0.1, 0.15) is 19.1 Å². The summed E-state index contributed by atoms with van der Waals surface area (Å²) >= 11 is 0. The summed E-state index contributed by atoms with van der Waals surface area (Å²) in [6.45, 7) is 0.665. The Morgan fingerprint density at radius 2 is 2.00 bits per heavy atom. The van der Waals surface area contributed by atoms with Gasteiger partial charge in [-0.2, -0.15) is 8.42 Å². The quantitative estimate of drug-likeness (QED) is 0.366. The summed E-state index contributed by atoms with van der Waals surface area (Å²) in [5, 5.41) is 0. The Hall–Kier alpha value is -0.790. The van der Waals surface area contributed by atoms with E-state index in [9.17, 15) is 8.42 Å². The van der Waals surface area contributed by atoms with Gasteiger partial charge in [-0.3, -0.25) is 4.55 Å². The molecule has 0 aromatic carbocycles. The Morgan fingerprint density at radius 1 is 1.33 bits per heavy atom. The lowest BCUT2D eigenvalue weighted by atomic mass is 10.8. The standard InChI is InChI=1S/C5H10O6S/c1-9-2-3-10-4-5-11-12(6,7)8/h4-5H,2-3H2,1H3,(H,6,7,8)/b5-4-. The average Bonchev–Trinajstić information content (AvgIpc) is 1.94. The van der Waals surface area contributed by atoms with Crippen molar-refractivity contribution in [3.63, 3.8) is 0 Å². The molecule has 0 aromatic rings. The Labute approximate surface area is 70.7 Å². The van der Waals surface area contributed by atoms with Gasteiger partial charge in [-0.15, -0.1) is 0 Å². The first-order chi connectivity index (χ1) is 5.56. The summed E-state index contributed by atoms with van der Waals surface area (Å²) in [7, 11) is -2.91. The summed E-state index contributed by atoms with van der Waals surface area (Å²) in [5.74, 6) is 0. The van der Waals surface area contributed by atoms with Crippen molar-refractivity contribution in [2.24, 2.45) is 0 Å². The Bertz CT molecular complexity index is 218. The third-order valence-electron chi connectivity index (χ3n) is 0.734. The first-order valence-electron chi connectivity index (χ1n) is 2.97. The maximum absolute atomic E-state index is 9.92. The molecular formula is C5H10O6S. The number of rotatable bonds is 6. The van der Waals surface area contributed by atoms with Crippen molar-refractivity contribution in [3.8, 4) is 0 Å². The monoisotopic (exact) mass is 198 g/mol. The number of hydrogen-bond acceptors (Lipinski definition) is 5. The van der Waals surface area contributed by atoms with Crippen LogP contribution in [0.5, 0.6) is 0 Å². The fraction of sp³-hybridized carbons (Fsp3) is 0.600. The zero-order chi connectivity index (χ0) is 9.45. The molecule has 72 valence electrons. The third kappa shape index (κ3) is 9.21. The molecule has 12 heavy (non-hydrogen) atoms. The van der Waals surface area contributed by atoms with Crippen LogP contribution in [0, 0.1) is 0 Å². The molecule has 0 radical (unpaired) electrons. The fourth-order valence-electron chi connectivity index (χ4n) is 0.332. The highest BCUT2D eigenvalue weighted by Gasteiger charge is 1.98. The van der Waals surface area contributed by atoms with Crippen LogP contribution in [0.2, 0.25) is 0 Å². The summed E-state index contributed by atoms with van der Waals surface area (Å²) in [6.07, 6.45) is 1.71. The molecule has 0 bridgehead atoms. The van der Waals surface area contributed by atoms with Gasteiger partial charge in [-0.05, 0) is 0 Å². The van der Waals surface area contributed by atoms with Crippen LogP contribution in [0.15, 0.2) is 12.5 Å². The Kier molecular flexibility index (Phi) is 5.43. The minimum Gasteiger partial charge on any atom is -0.496 e. The molecule has 1 N–H and O–H groups in total. The second kappa shape index (κ2) is 5.81. The van der Waals surface area contributed by atoms with Gasteiger partial charge in [0.05, 0.1) is 6.61 Å². The van der Waals surface area contributed by atoms with Crippen molar-refractivity contribution in [2.45, 2.75) is 0 Å². The molecule has 0 amide bonds. The highest BCUT2D eigenvalue weighted by molar-refractivity contribution is 7.81. The molecule has 0 aromatic heterocycles. The molecule has 0 atom stereocenters. The van der Waals surface area contributed by atoms with Crippen molar-refractivity contribution < 1.29 is 26.6 Å². The summed E-state index contributed by atoms with van der Waals surface area (Å²) in [5.41, 5.74) is 0. The smallest absolute Gasteiger partial charge is 0.446 e. The Balaban J connectivity index is 3.39. The zero-order valence-electron chi connectivity index (χ0n) is 6.47. The van der Waals surface area contributed by atoms with Crippen molar-refractivity contribution in [1.29, 1.82) is 0 Å². The molecule has 7 heteroatoms. The molecule has 0 aliphatic rings. The minimum atomic E-state index is -4.41. The maximum atomic E-state index is 9.92. The number of ether oxygens (including phenoxy) is 2. The second-order valence-corrected chi connectivity index (χ2v) is 2.71. The van der Waals surface area contributed by atoms with Gasteiger partial charge in [-0.1, -0.05) is 0 Å². The van der Waals surface area contributed by atoms with E-state index in [-0.39, 0.29) is 6.61 Å². The molecule has 0 aliphatic carbocycles. The SMILES string of the molecule is COCCO/C=C\OS(=O)(=O)O. The summed E-state index contributed by atoms with van der Waals surface area (Å²) < 4.78 is 41.0. The van der Waals surface area contributed by atoms with Crippen molar-refractivity contribution in [1.82, 2.24) is 0 Å². The van der Waals surface area contributed by atoms with Crippen LogP contribution in [0.1, 0.15) is 0 Å². The molecule has 0 heterocycles. The van der Waals surface area contributed by atoms with Crippen LogP contribution in [0.25, 0.3) is 0 Å². The van der Waals surface area contributed by atoms with Gasteiger partial charge in [0.25, 0.3) is 0 Å². The summed E-state index contributed by atoms with van der Waals surface area (Å²) in [4.78, 5) is 0. The molecule has 0 unspecified atom stereocenters. The van der Waals surface area contributed by atoms with E-state index in [2.05, 4.69) is 13.7 Å². The first-order valence-corrected chi connectivity index (χ1v) is 4.34. The van der Waals surface area contributed by atoms with E-state index in [1.54, 1.807) is 0 Å². The van der Waals surface area contributed by atoms with E-state index in [4.69, 9.17) is 4.55 Å². The van der Waals surface area contributed by atoms with Crippen LogP contribution in [0.4, 0.5) is 0 Å². The highest BCUT2D eigenvalue weighted by Crippen LogP contribution is 1.87. The lowest BCUT2D eigenvalue weighted by Gasteiger charge is -1.97. The molecule has 0 spiro atoms.